The van der Waals surface area contributed by atoms with E-state index in [1.807, 2.05) is 18.2 Å². The van der Waals surface area contributed by atoms with Crippen molar-refractivity contribution in [3.05, 3.63) is 105 Å². The van der Waals surface area contributed by atoms with Gasteiger partial charge in [-0.3, -0.25) is 15.1 Å². The van der Waals surface area contributed by atoms with Gasteiger partial charge in [-0.25, -0.2) is 0 Å². The number of ether oxygens (including phenoxy) is 2. The van der Waals surface area contributed by atoms with Gasteiger partial charge < -0.3 is 34.6 Å². The number of carbonyl (C=O) groups is 1. The Labute approximate surface area is 336 Å². The van der Waals surface area contributed by atoms with Crippen molar-refractivity contribution < 1.29 is 29.6 Å². The molecule has 1 saturated carbocycles. The second-order valence-corrected chi connectivity index (χ2v) is 16.5. The minimum absolute atomic E-state index is 0.0704. The number of nitrogens with zero attached hydrogens (tertiary/aromatic N) is 3. The predicted octanol–water partition coefficient (Wildman–Crippen LogP) is 7.24. The predicted molar refractivity (Wildman–Crippen MR) is 218 cm³/mol. The number of aliphatic hydroxyl groups is 2. The summed E-state index contributed by atoms with van der Waals surface area (Å²) < 4.78 is 13.5. The van der Waals surface area contributed by atoms with Crippen molar-refractivity contribution in [2.24, 2.45) is 5.41 Å². The second-order valence-electron chi connectivity index (χ2n) is 15.3. The van der Waals surface area contributed by atoms with E-state index in [0.29, 0.717) is 27.5 Å². The largest absolute Gasteiger partial charge is 0.488 e. The van der Waals surface area contributed by atoms with E-state index in [2.05, 4.69) is 66.4 Å². The smallest absolute Gasteiger partial charge is 0.323 e. The average molecular weight is 834 g/mol. The van der Waals surface area contributed by atoms with Crippen LogP contribution in [-0.2, 0) is 31.0 Å². The molecular formula is C43H50BrClN4O6. The zero-order valence-corrected chi connectivity index (χ0v) is 33.6. The van der Waals surface area contributed by atoms with Crippen molar-refractivity contribution in [3.63, 3.8) is 0 Å². The molecule has 4 N–H and O–H groups in total. The highest BCUT2D eigenvalue weighted by Crippen LogP contribution is 2.49. The molecule has 12 heteroatoms. The number of anilines is 1. The number of hydrogen-bond acceptors (Lipinski definition) is 9. The summed E-state index contributed by atoms with van der Waals surface area (Å²) in [5.74, 6) is -0.254. The highest BCUT2D eigenvalue weighted by Gasteiger charge is 2.44. The third kappa shape index (κ3) is 9.30. The maximum atomic E-state index is 11.7. The maximum Gasteiger partial charge on any atom is 0.323 e. The molecule has 4 aromatic rings. The van der Waals surface area contributed by atoms with Gasteiger partial charge in [-0.05, 0) is 121 Å². The number of benzene rings is 3. The first-order valence-corrected chi connectivity index (χ1v) is 20.4. The molecule has 1 saturated heterocycles. The van der Waals surface area contributed by atoms with Crippen LogP contribution in [0.25, 0.3) is 11.1 Å². The number of aliphatic hydroxyl groups excluding tert-OH is 2. The van der Waals surface area contributed by atoms with Crippen molar-refractivity contribution >= 4 is 39.2 Å². The molecule has 55 heavy (non-hydrogen) atoms. The summed E-state index contributed by atoms with van der Waals surface area (Å²) >= 11 is 10.7. The number of carboxylic acid groups (broad SMARTS) is 1. The molecule has 292 valence electrons. The van der Waals surface area contributed by atoms with E-state index in [1.54, 1.807) is 24.5 Å². The lowest BCUT2D eigenvalue weighted by atomic mass is 9.61. The van der Waals surface area contributed by atoms with Crippen molar-refractivity contribution in [3.8, 4) is 22.6 Å². The first-order valence-electron chi connectivity index (χ1n) is 19.3. The van der Waals surface area contributed by atoms with Crippen molar-refractivity contribution in [1.82, 2.24) is 15.2 Å². The SMILES string of the molecule is CC(O)[C@H](NCc1cc(Cl)c(OCc2cccc(-c3cccc4c3CCN4CCCN3CCC4(CC3)CC(O)C4)c2Br)cc1OCc1cccnc1)C(=O)O. The summed E-state index contributed by atoms with van der Waals surface area (Å²) in [5, 5.41) is 32.6. The fourth-order valence-electron chi connectivity index (χ4n) is 8.41. The molecule has 10 nitrogen and oxygen atoms in total. The molecule has 1 aromatic heterocycles. The van der Waals surface area contributed by atoms with Crippen LogP contribution in [0.2, 0.25) is 5.02 Å². The highest BCUT2D eigenvalue weighted by atomic mass is 79.9. The summed E-state index contributed by atoms with van der Waals surface area (Å²) in [6.07, 6.45) is 8.81. The zero-order chi connectivity index (χ0) is 38.5. The van der Waals surface area contributed by atoms with Gasteiger partial charge in [0.25, 0.3) is 0 Å². The first kappa shape index (κ1) is 39.5. The molecule has 1 spiro atoms. The number of carboxylic acids is 1. The molecule has 2 aliphatic heterocycles. The van der Waals surface area contributed by atoms with Gasteiger partial charge in [0.2, 0.25) is 0 Å². The van der Waals surface area contributed by atoms with Gasteiger partial charge in [0.05, 0.1) is 17.2 Å². The summed E-state index contributed by atoms with van der Waals surface area (Å²) in [6.45, 7) is 7.48. The minimum Gasteiger partial charge on any atom is -0.488 e. The Bertz CT molecular complexity index is 1950. The zero-order valence-electron chi connectivity index (χ0n) is 31.2. The van der Waals surface area contributed by atoms with Crippen LogP contribution < -0.4 is 19.7 Å². The molecule has 3 heterocycles. The van der Waals surface area contributed by atoms with Crippen LogP contribution in [0.5, 0.6) is 11.5 Å². The van der Waals surface area contributed by atoms with Gasteiger partial charge in [0, 0.05) is 64.9 Å². The number of hydrogen-bond donors (Lipinski definition) is 4. The molecular weight excluding hydrogens is 784 g/mol. The molecule has 2 atom stereocenters. The van der Waals surface area contributed by atoms with E-state index < -0.39 is 18.1 Å². The number of aliphatic carboxylic acids is 1. The molecule has 1 unspecified atom stereocenters. The van der Waals surface area contributed by atoms with Gasteiger partial charge in [-0.1, -0.05) is 48.0 Å². The van der Waals surface area contributed by atoms with Crippen LogP contribution in [-0.4, -0.2) is 82.1 Å². The van der Waals surface area contributed by atoms with Crippen LogP contribution in [0.3, 0.4) is 0 Å². The molecule has 3 aliphatic rings. The van der Waals surface area contributed by atoms with E-state index in [9.17, 15) is 20.1 Å². The lowest BCUT2D eigenvalue weighted by molar-refractivity contribution is -0.142. The van der Waals surface area contributed by atoms with Crippen LogP contribution in [0.1, 0.15) is 61.3 Å². The summed E-state index contributed by atoms with van der Waals surface area (Å²) in [6, 6.07) is 18.8. The van der Waals surface area contributed by atoms with Crippen molar-refractivity contribution in [2.75, 3.05) is 37.6 Å². The highest BCUT2D eigenvalue weighted by molar-refractivity contribution is 9.10. The quantitative estimate of drug-likeness (QED) is 0.0919. The molecule has 7 rings (SSSR count). The molecule has 1 aliphatic carbocycles. The minimum atomic E-state index is -1.17. The Hall–Kier alpha value is -3.71. The number of pyridine rings is 1. The third-order valence-electron chi connectivity index (χ3n) is 11.5. The van der Waals surface area contributed by atoms with Crippen LogP contribution >= 0.6 is 27.5 Å². The maximum absolute atomic E-state index is 11.7. The monoisotopic (exact) mass is 832 g/mol. The second kappa shape index (κ2) is 17.6. The number of aromatic nitrogens is 1. The first-order chi connectivity index (χ1) is 26.6. The number of rotatable bonds is 16. The lowest BCUT2D eigenvalue weighted by Crippen LogP contribution is -2.49. The molecule has 2 fully saturated rings. The average Bonchev–Trinajstić information content (AvgIpc) is 3.58. The molecule has 0 amide bonds. The summed E-state index contributed by atoms with van der Waals surface area (Å²) in [5.41, 5.74) is 7.89. The lowest BCUT2D eigenvalue weighted by Gasteiger charge is -2.50. The van der Waals surface area contributed by atoms with Gasteiger partial charge >= 0.3 is 5.97 Å². The van der Waals surface area contributed by atoms with Gasteiger partial charge in [-0.15, -0.1) is 0 Å². The van der Waals surface area contributed by atoms with E-state index in [1.165, 1.54) is 36.6 Å². The fourth-order valence-corrected chi connectivity index (χ4v) is 9.25. The van der Waals surface area contributed by atoms with Crippen molar-refractivity contribution in [2.45, 2.75) is 83.5 Å². The Kier molecular flexibility index (Phi) is 12.7. The fraction of sp³-hybridized carbons (Fsp3) is 0.442. The topological polar surface area (TPSA) is 128 Å². The van der Waals surface area contributed by atoms with Crippen molar-refractivity contribution in [1.29, 1.82) is 0 Å². The number of piperidine rings is 1. The van der Waals surface area contributed by atoms with Gasteiger partial charge in [-0.2, -0.15) is 0 Å². The molecule has 3 aromatic carbocycles. The van der Waals surface area contributed by atoms with E-state index in [-0.39, 0.29) is 25.9 Å². The van der Waals surface area contributed by atoms with Crippen LogP contribution in [0, 0.1) is 5.41 Å². The Morgan fingerprint density at radius 1 is 1.00 bits per heavy atom. The standard InChI is InChI=1S/C43H50BrClN4O6/c1-28(50)41(42(52)53)47-25-31-20-36(45)39(21-38(31)54-26-29-6-4-14-46-24-29)55-27-30-7-2-9-35(40(30)44)33-8-3-10-37-34(33)11-17-49(37)16-5-15-48-18-12-43(13-19-48)22-32(51)23-43/h2-4,6-10,14,20-21,24,28,32,41,47,50-51H,5,11-13,15-19,22-23,25-27H2,1H3,(H,52,53)/t28?,41-/m0/s1. The van der Waals surface area contributed by atoms with Crippen LogP contribution in [0.4, 0.5) is 5.69 Å². The van der Waals surface area contributed by atoms with E-state index in [4.69, 9.17) is 21.1 Å². The summed E-state index contributed by atoms with van der Waals surface area (Å²) in [7, 11) is 0. The summed E-state index contributed by atoms with van der Waals surface area (Å²) in [4.78, 5) is 21.0. The van der Waals surface area contributed by atoms with E-state index in [0.717, 1.165) is 79.6 Å². The van der Waals surface area contributed by atoms with Crippen LogP contribution in [0.15, 0.2) is 77.5 Å². The Balaban J connectivity index is 1.02. The third-order valence-corrected chi connectivity index (χ3v) is 12.8. The normalized spacial score (nSPS) is 17.8. The number of likely N-dealkylation sites (tertiary alicyclic amines) is 1. The van der Waals surface area contributed by atoms with E-state index >= 15 is 0 Å². The Morgan fingerprint density at radius 3 is 2.49 bits per heavy atom. The number of fused-ring (bicyclic) bond motifs is 1. The number of halogens is 2. The van der Waals surface area contributed by atoms with Gasteiger partial charge in [0.15, 0.2) is 0 Å². The number of nitrogens with one attached hydrogen (secondary N) is 1. The molecule has 0 bridgehead atoms. The molecule has 0 radical (unpaired) electrons. The van der Waals surface area contributed by atoms with Gasteiger partial charge in [0.1, 0.15) is 30.8 Å². The Morgan fingerprint density at radius 2 is 1.76 bits per heavy atom.